The largest absolute Gasteiger partial charge is 0.487 e. The van der Waals surface area contributed by atoms with E-state index in [-0.39, 0.29) is 0 Å². The number of nitrogens with one attached hydrogen (secondary N) is 1. The van der Waals surface area contributed by atoms with Crippen molar-refractivity contribution in [3.05, 3.63) is 91.9 Å². The number of ether oxygens (including phenoxy) is 1. The van der Waals surface area contributed by atoms with Gasteiger partial charge in [-0.15, -0.1) is 0 Å². The molecule has 0 aliphatic heterocycles. The summed E-state index contributed by atoms with van der Waals surface area (Å²) in [4.78, 5) is 0. The minimum absolute atomic E-state index is 0.425. The van der Waals surface area contributed by atoms with Gasteiger partial charge in [0.25, 0.3) is 0 Å². The van der Waals surface area contributed by atoms with Crippen LogP contribution in [-0.4, -0.2) is 0 Å². The molecule has 0 heterocycles. The summed E-state index contributed by atoms with van der Waals surface area (Å²) in [5.41, 5.74) is 2.85. The normalized spacial score (nSPS) is 10.6. The topological polar surface area (TPSA) is 21.3 Å². The molecule has 0 atom stereocenters. The minimum Gasteiger partial charge on any atom is -0.487 e. The number of anilines is 1. The van der Waals surface area contributed by atoms with Gasteiger partial charge in [-0.3, -0.25) is 0 Å². The molecule has 0 spiro atoms. The first kappa shape index (κ1) is 19.2. The molecule has 6 heteroatoms. The molecule has 0 amide bonds. The summed E-state index contributed by atoms with van der Waals surface area (Å²) in [6.07, 6.45) is 0. The highest BCUT2D eigenvalue weighted by Crippen LogP contribution is 2.29. The zero-order valence-corrected chi connectivity index (χ0v) is 16.6. The van der Waals surface area contributed by atoms with E-state index in [1.165, 1.54) is 0 Å². The molecular formula is C20H15Cl4NO. The lowest BCUT2D eigenvalue weighted by Crippen LogP contribution is -2.01. The molecule has 3 aromatic carbocycles. The molecular weight excluding hydrogens is 412 g/mol. The smallest absolute Gasteiger partial charge is 0.138 e. The van der Waals surface area contributed by atoms with Crippen LogP contribution in [0, 0.1) is 0 Å². The highest BCUT2D eigenvalue weighted by Gasteiger charge is 2.06. The molecule has 0 fully saturated rings. The third-order valence-corrected chi connectivity index (χ3v) is 4.81. The van der Waals surface area contributed by atoms with E-state index < -0.39 is 0 Å². The lowest BCUT2D eigenvalue weighted by atomic mass is 10.2. The maximum atomic E-state index is 6.34. The first-order valence-electron chi connectivity index (χ1n) is 7.86. The fraction of sp³-hybridized carbons (Fsp3) is 0.100. The minimum atomic E-state index is 0.425. The average Bonchev–Trinajstić information content (AvgIpc) is 2.61. The Morgan fingerprint density at radius 3 is 2.08 bits per heavy atom. The molecule has 0 aromatic heterocycles. The van der Waals surface area contributed by atoms with Crippen molar-refractivity contribution in [1.29, 1.82) is 0 Å². The van der Waals surface area contributed by atoms with E-state index >= 15 is 0 Å². The maximum Gasteiger partial charge on any atom is 0.138 e. The van der Waals surface area contributed by atoms with Crippen LogP contribution in [-0.2, 0) is 13.2 Å². The lowest BCUT2D eigenvalue weighted by molar-refractivity contribution is 0.306. The Labute approximate surface area is 172 Å². The molecule has 0 saturated carbocycles. The van der Waals surface area contributed by atoms with Gasteiger partial charge in [0.2, 0.25) is 0 Å². The van der Waals surface area contributed by atoms with Gasteiger partial charge in [-0.1, -0.05) is 64.6 Å². The van der Waals surface area contributed by atoms with Crippen LogP contribution in [0.25, 0.3) is 0 Å². The molecule has 134 valence electrons. The second-order valence-electron chi connectivity index (χ2n) is 5.66. The Hall–Kier alpha value is -1.58. The molecule has 2 nitrogen and oxygen atoms in total. The van der Waals surface area contributed by atoms with Gasteiger partial charge in [-0.25, -0.2) is 0 Å². The highest BCUT2D eigenvalue weighted by molar-refractivity contribution is 6.36. The molecule has 1 N–H and O–H groups in total. The Kier molecular flexibility index (Phi) is 6.55. The highest BCUT2D eigenvalue weighted by atomic mass is 35.5. The third kappa shape index (κ3) is 5.21. The summed E-state index contributed by atoms with van der Waals surface area (Å²) in [6.45, 7) is 1.01. The van der Waals surface area contributed by atoms with Crippen LogP contribution < -0.4 is 10.1 Å². The van der Waals surface area contributed by atoms with Gasteiger partial charge in [0.05, 0.1) is 15.7 Å². The Morgan fingerprint density at radius 1 is 0.692 bits per heavy atom. The number of benzene rings is 3. The maximum absolute atomic E-state index is 6.34. The molecule has 0 bridgehead atoms. The van der Waals surface area contributed by atoms with Crippen LogP contribution >= 0.6 is 46.4 Å². The van der Waals surface area contributed by atoms with E-state index in [1.807, 2.05) is 48.5 Å². The van der Waals surface area contributed by atoms with Gasteiger partial charge in [-0.2, -0.15) is 0 Å². The fourth-order valence-corrected chi connectivity index (χ4v) is 3.20. The summed E-state index contributed by atoms with van der Waals surface area (Å²) in [5.74, 6) is 0.634. The first-order chi connectivity index (χ1) is 12.5. The van der Waals surface area contributed by atoms with E-state index in [0.29, 0.717) is 39.0 Å². The summed E-state index contributed by atoms with van der Waals surface area (Å²) < 4.78 is 5.78. The molecule has 0 saturated heterocycles. The standard InChI is InChI=1S/C20H15Cl4NO/c21-15-4-1-13(2-5-15)12-26-20-8-3-14(9-18(20)24)11-25-19-7-6-16(22)10-17(19)23/h1-10,25H,11-12H2. The Morgan fingerprint density at radius 2 is 1.38 bits per heavy atom. The van der Waals surface area contributed by atoms with Gasteiger partial charge in [0.15, 0.2) is 0 Å². The predicted molar refractivity (Wildman–Crippen MR) is 111 cm³/mol. The third-order valence-electron chi connectivity index (χ3n) is 3.72. The van der Waals surface area contributed by atoms with E-state index in [9.17, 15) is 0 Å². The summed E-state index contributed by atoms with van der Waals surface area (Å²) in [5, 5.41) is 5.70. The van der Waals surface area contributed by atoms with Crippen molar-refractivity contribution in [2.75, 3.05) is 5.32 Å². The van der Waals surface area contributed by atoms with Crippen molar-refractivity contribution in [3.8, 4) is 5.75 Å². The Bertz CT molecular complexity index is 897. The summed E-state index contributed by atoms with van der Waals surface area (Å²) in [6, 6.07) is 18.5. The first-order valence-corrected chi connectivity index (χ1v) is 9.37. The zero-order chi connectivity index (χ0) is 18.5. The van der Waals surface area contributed by atoms with E-state index in [4.69, 9.17) is 51.1 Å². The van der Waals surface area contributed by atoms with Crippen molar-refractivity contribution in [3.63, 3.8) is 0 Å². The number of halogens is 4. The van der Waals surface area contributed by atoms with Crippen molar-refractivity contribution in [2.24, 2.45) is 0 Å². The van der Waals surface area contributed by atoms with Crippen molar-refractivity contribution < 1.29 is 4.74 Å². The van der Waals surface area contributed by atoms with Crippen molar-refractivity contribution in [2.45, 2.75) is 13.2 Å². The van der Waals surface area contributed by atoms with Gasteiger partial charge in [0, 0.05) is 16.6 Å². The number of hydrogen-bond acceptors (Lipinski definition) is 2. The second-order valence-corrected chi connectivity index (χ2v) is 7.34. The van der Waals surface area contributed by atoms with Crippen LogP contribution in [0.5, 0.6) is 5.75 Å². The van der Waals surface area contributed by atoms with Crippen molar-refractivity contribution >= 4 is 52.1 Å². The molecule has 0 aliphatic carbocycles. The predicted octanol–water partition coefficient (Wildman–Crippen LogP) is 7.49. The molecule has 3 aromatic rings. The molecule has 3 rings (SSSR count). The van der Waals surface area contributed by atoms with E-state index in [2.05, 4.69) is 5.32 Å². The monoisotopic (exact) mass is 425 g/mol. The molecule has 0 aliphatic rings. The van der Waals surface area contributed by atoms with Gasteiger partial charge >= 0.3 is 0 Å². The summed E-state index contributed by atoms with van der Waals surface area (Å²) in [7, 11) is 0. The zero-order valence-electron chi connectivity index (χ0n) is 13.6. The molecule has 0 radical (unpaired) electrons. The summed E-state index contributed by atoms with van der Waals surface area (Å²) >= 11 is 24.3. The van der Waals surface area contributed by atoms with Crippen LogP contribution in [0.15, 0.2) is 60.7 Å². The van der Waals surface area contributed by atoms with Crippen LogP contribution in [0.4, 0.5) is 5.69 Å². The second kappa shape index (κ2) is 8.88. The van der Waals surface area contributed by atoms with Crippen LogP contribution in [0.2, 0.25) is 20.1 Å². The van der Waals surface area contributed by atoms with Crippen LogP contribution in [0.3, 0.4) is 0 Å². The van der Waals surface area contributed by atoms with E-state index in [1.54, 1.807) is 12.1 Å². The Balaban J connectivity index is 1.60. The average molecular weight is 427 g/mol. The molecule has 26 heavy (non-hydrogen) atoms. The van der Waals surface area contributed by atoms with Gasteiger partial charge in [0.1, 0.15) is 12.4 Å². The van der Waals surface area contributed by atoms with Gasteiger partial charge in [-0.05, 0) is 53.6 Å². The quantitative estimate of drug-likeness (QED) is 0.440. The molecule has 0 unspecified atom stereocenters. The number of rotatable bonds is 6. The SMILES string of the molecule is Clc1ccc(COc2ccc(CNc3ccc(Cl)cc3Cl)cc2Cl)cc1. The van der Waals surface area contributed by atoms with Crippen LogP contribution in [0.1, 0.15) is 11.1 Å². The number of hydrogen-bond donors (Lipinski definition) is 1. The van der Waals surface area contributed by atoms with Gasteiger partial charge < -0.3 is 10.1 Å². The lowest BCUT2D eigenvalue weighted by Gasteiger charge is -2.12. The van der Waals surface area contributed by atoms with Crippen molar-refractivity contribution in [1.82, 2.24) is 0 Å². The van der Waals surface area contributed by atoms with E-state index in [0.717, 1.165) is 16.8 Å². The fourth-order valence-electron chi connectivity index (χ4n) is 2.34.